The Labute approximate surface area is 127 Å². The summed E-state index contributed by atoms with van der Waals surface area (Å²) in [5.41, 5.74) is 1.75. The maximum atomic E-state index is 11.4. The van der Waals surface area contributed by atoms with Crippen LogP contribution in [-0.4, -0.2) is 37.7 Å². The molecule has 0 aliphatic heterocycles. The van der Waals surface area contributed by atoms with Gasteiger partial charge in [0.15, 0.2) is 6.10 Å². The first-order valence-electron chi connectivity index (χ1n) is 6.27. The van der Waals surface area contributed by atoms with E-state index in [0.717, 1.165) is 15.6 Å². The first-order valence-corrected chi connectivity index (χ1v) is 7.07. The molecular weight excluding hydrogens is 328 g/mol. The Morgan fingerprint density at radius 3 is 2.75 bits per heavy atom. The largest absolute Gasteiger partial charge is 0.464 e. The highest BCUT2D eigenvalue weighted by molar-refractivity contribution is 9.10. The van der Waals surface area contributed by atoms with Gasteiger partial charge in [0.25, 0.3) is 0 Å². The van der Waals surface area contributed by atoms with Gasteiger partial charge in [0.2, 0.25) is 0 Å². The van der Waals surface area contributed by atoms with Crippen molar-refractivity contribution in [1.82, 2.24) is 0 Å². The minimum Gasteiger partial charge on any atom is -0.464 e. The number of hydrogen-bond donors (Lipinski definition) is 1. The lowest BCUT2D eigenvalue weighted by atomic mass is 10.1. The first-order chi connectivity index (χ1) is 9.60. The Hall–Kier alpha value is -0.950. The van der Waals surface area contributed by atoms with E-state index in [1.807, 2.05) is 18.2 Å². The molecule has 0 aliphatic carbocycles. The van der Waals surface area contributed by atoms with Crippen LogP contribution >= 0.6 is 15.9 Å². The third kappa shape index (κ3) is 5.20. The van der Waals surface area contributed by atoms with E-state index in [0.29, 0.717) is 6.61 Å². The maximum Gasteiger partial charge on any atom is 0.335 e. The third-order valence-electron chi connectivity index (χ3n) is 2.59. The predicted molar refractivity (Wildman–Crippen MR) is 77.2 cm³/mol. The van der Waals surface area contributed by atoms with Crippen LogP contribution in [0.3, 0.4) is 0 Å². The summed E-state index contributed by atoms with van der Waals surface area (Å²) in [5.74, 6) is -0.611. The molecule has 6 heteroatoms. The molecule has 112 valence electrons. The number of carbonyl (C=O) groups excluding carboxylic acids is 1. The van der Waals surface area contributed by atoms with E-state index in [4.69, 9.17) is 14.2 Å². The zero-order chi connectivity index (χ0) is 15.0. The van der Waals surface area contributed by atoms with Crippen molar-refractivity contribution in [1.29, 1.82) is 0 Å². The highest BCUT2D eigenvalue weighted by atomic mass is 79.9. The number of methoxy groups -OCH3 is 1. The molecule has 0 aliphatic rings. The van der Waals surface area contributed by atoms with Gasteiger partial charge in [-0.1, -0.05) is 34.1 Å². The third-order valence-corrected chi connectivity index (χ3v) is 3.61. The number of aliphatic hydroxyl groups is 1. The SMILES string of the molecule is CCOC(=O)C(O)Cc1cccc(COCOC)c1Br. The summed E-state index contributed by atoms with van der Waals surface area (Å²) in [6.45, 7) is 2.55. The van der Waals surface area contributed by atoms with Crippen LogP contribution < -0.4 is 0 Å². The zero-order valence-corrected chi connectivity index (χ0v) is 13.2. The van der Waals surface area contributed by atoms with Crippen LogP contribution in [0.15, 0.2) is 22.7 Å². The van der Waals surface area contributed by atoms with Gasteiger partial charge in [0.1, 0.15) is 6.79 Å². The second kappa shape index (κ2) is 9.07. The number of hydrogen-bond acceptors (Lipinski definition) is 5. The number of carbonyl (C=O) groups is 1. The van der Waals surface area contributed by atoms with Crippen LogP contribution in [0.2, 0.25) is 0 Å². The lowest BCUT2D eigenvalue weighted by molar-refractivity contribution is -0.152. The average Bonchev–Trinajstić information content (AvgIpc) is 2.43. The molecule has 0 saturated carbocycles. The van der Waals surface area contributed by atoms with Crippen molar-refractivity contribution in [2.24, 2.45) is 0 Å². The molecule has 1 atom stereocenters. The van der Waals surface area contributed by atoms with Crippen molar-refractivity contribution in [3.8, 4) is 0 Å². The van der Waals surface area contributed by atoms with E-state index in [1.165, 1.54) is 0 Å². The van der Waals surface area contributed by atoms with Gasteiger partial charge in [-0.2, -0.15) is 0 Å². The number of ether oxygens (including phenoxy) is 3. The summed E-state index contributed by atoms with van der Waals surface area (Å²) in [5, 5.41) is 9.79. The van der Waals surface area contributed by atoms with Crippen molar-refractivity contribution in [3.05, 3.63) is 33.8 Å². The maximum absolute atomic E-state index is 11.4. The number of esters is 1. The standard InChI is InChI=1S/C14H19BrO5/c1-3-20-14(17)12(16)7-10-5-4-6-11(13(10)15)8-19-9-18-2/h4-6,12,16H,3,7-9H2,1-2H3. The van der Waals surface area contributed by atoms with Gasteiger partial charge in [-0.05, 0) is 18.1 Å². The molecule has 0 heterocycles. The van der Waals surface area contributed by atoms with Gasteiger partial charge in [0.05, 0.1) is 13.2 Å². The Bertz CT molecular complexity index is 436. The molecule has 0 amide bonds. The van der Waals surface area contributed by atoms with Gasteiger partial charge >= 0.3 is 5.97 Å². The van der Waals surface area contributed by atoms with E-state index in [-0.39, 0.29) is 19.8 Å². The van der Waals surface area contributed by atoms with Gasteiger partial charge in [-0.25, -0.2) is 4.79 Å². The van der Waals surface area contributed by atoms with E-state index < -0.39 is 12.1 Å². The molecule has 5 nitrogen and oxygen atoms in total. The summed E-state index contributed by atoms with van der Waals surface area (Å²) >= 11 is 3.47. The number of aliphatic hydroxyl groups excluding tert-OH is 1. The molecule has 0 bridgehead atoms. The first kappa shape index (κ1) is 17.1. The number of benzene rings is 1. The molecule has 0 radical (unpaired) electrons. The highest BCUT2D eigenvalue weighted by Gasteiger charge is 2.18. The molecule has 0 fully saturated rings. The summed E-state index contributed by atoms with van der Waals surface area (Å²) in [6, 6.07) is 5.59. The Balaban J connectivity index is 2.70. The van der Waals surface area contributed by atoms with Crippen molar-refractivity contribution in [2.45, 2.75) is 26.1 Å². The second-order valence-corrected chi connectivity index (χ2v) is 4.91. The molecule has 1 rings (SSSR count). The van der Waals surface area contributed by atoms with Gasteiger partial charge < -0.3 is 19.3 Å². The minimum absolute atomic E-state index is 0.192. The molecule has 1 aromatic rings. The highest BCUT2D eigenvalue weighted by Crippen LogP contribution is 2.24. The van der Waals surface area contributed by atoms with Crippen LogP contribution in [0.4, 0.5) is 0 Å². The van der Waals surface area contributed by atoms with E-state index >= 15 is 0 Å². The average molecular weight is 347 g/mol. The van der Waals surface area contributed by atoms with Crippen LogP contribution in [-0.2, 0) is 32.0 Å². The topological polar surface area (TPSA) is 65.0 Å². The van der Waals surface area contributed by atoms with E-state index in [9.17, 15) is 9.90 Å². The number of halogens is 1. The lowest BCUT2D eigenvalue weighted by Crippen LogP contribution is -2.25. The van der Waals surface area contributed by atoms with Crippen LogP contribution in [0.25, 0.3) is 0 Å². The summed E-state index contributed by atoms with van der Waals surface area (Å²) in [4.78, 5) is 11.4. The van der Waals surface area contributed by atoms with Crippen molar-refractivity contribution in [3.63, 3.8) is 0 Å². The fraction of sp³-hybridized carbons (Fsp3) is 0.500. The van der Waals surface area contributed by atoms with E-state index in [2.05, 4.69) is 15.9 Å². The monoisotopic (exact) mass is 346 g/mol. The molecule has 0 aromatic heterocycles. The minimum atomic E-state index is -1.17. The normalized spacial score (nSPS) is 12.2. The van der Waals surface area contributed by atoms with Gasteiger partial charge in [-0.15, -0.1) is 0 Å². The van der Waals surface area contributed by atoms with Crippen LogP contribution in [0, 0.1) is 0 Å². The van der Waals surface area contributed by atoms with Gasteiger partial charge in [-0.3, -0.25) is 0 Å². The van der Waals surface area contributed by atoms with Crippen LogP contribution in [0.1, 0.15) is 18.1 Å². The Morgan fingerprint density at radius 1 is 1.40 bits per heavy atom. The summed E-state index contributed by atoms with van der Waals surface area (Å²) in [6.07, 6.45) is -0.973. The molecule has 1 unspecified atom stereocenters. The van der Waals surface area contributed by atoms with Crippen molar-refractivity contribution < 1.29 is 24.1 Å². The fourth-order valence-electron chi connectivity index (χ4n) is 1.67. The molecule has 1 aromatic carbocycles. The van der Waals surface area contributed by atoms with Crippen LogP contribution in [0.5, 0.6) is 0 Å². The predicted octanol–water partition coefficient (Wildman–Crippen LogP) is 2.04. The van der Waals surface area contributed by atoms with Crippen molar-refractivity contribution >= 4 is 21.9 Å². The zero-order valence-electron chi connectivity index (χ0n) is 11.6. The summed E-state index contributed by atoms with van der Waals surface area (Å²) < 4.78 is 15.7. The molecule has 0 saturated heterocycles. The van der Waals surface area contributed by atoms with Crippen molar-refractivity contribution in [2.75, 3.05) is 20.5 Å². The molecule has 20 heavy (non-hydrogen) atoms. The lowest BCUT2D eigenvalue weighted by Gasteiger charge is -2.13. The molecule has 0 spiro atoms. The summed E-state index contributed by atoms with van der Waals surface area (Å²) in [7, 11) is 1.56. The molecular formula is C14H19BrO5. The Kier molecular flexibility index (Phi) is 7.76. The molecule has 1 N–H and O–H groups in total. The fourth-order valence-corrected chi connectivity index (χ4v) is 2.21. The second-order valence-electron chi connectivity index (χ2n) is 4.12. The van der Waals surface area contributed by atoms with E-state index in [1.54, 1.807) is 14.0 Å². The van der Waals surface area contributed by atoms with Gasteiger partial charge in [0, 0.05) is 18.0 Å². The Morgan fingerprint density at radius 2 is 2.10 bits per heavy atom. The number of rotatable bonds is 8. The quantitative estimate of drug-likeness (QED) is 0.443. The smallest absolute Gasteiger partial charge is 0.335 e.